The lowest BCUT2D eigenvalue weighted by Gasteiger charge is -2.38. The fraction of sp³-hybridized carbons (Fsp3) is 0.647. The van der Waals surface area contributed by atoms with Crippen LogP contribution >= 0.6 is 0 Å². The van der Waals surface area contributed by atoms with Crippen LogP contribution in [0, 0.1) is 6.92 Å². The largest absolute Gasteiger partial charge is 0.444 e. The highest BCUT2D eigenvalue weighted by atomic mass is 16.6. The van der Waals surface area contributed by atoms with E-state index in [0.717, 1.165) is 25.2 Å². The van der Waals surface area contributed by atoms with Gasteiger partial charge in [-0.1, -0.05) is 0 Å². The number of aromatic nitrogens is 1. The minimum Gasteiger partial charge on any atom is -0.444 e. The molecule has 5 nitrogen and oxygen atoms in total. The summed E-state index contributed by atoms with van der Waals surface area (Å²) in [6.45, 7) is 9.20. The molecule has 2 heterocycles. The smallest absolute Gasteiger partial charge is 0.410 e. The summed E-state index contributed by atoms with van der Waals surface area (Å²) < 4.78 is 5.48. The standard InChI is InChI=1S/C17H27N3O2/c1-13-8-9-18-15(11-13)19(5)14-7-6-10-20(12-14)16(21)22-17(2,3)4/h8-9,11,14H,6-7,10,12H2,1-5H3. The Morgan fingerprint density at radius 3 is 2.82 bits per heavy atom. The van der Waals surface area contributed by atoms with E-state index in [4.69, 9.17) is 4.74 Å². The minimum atomic E-state index is -0.450. The van der Waals surface area contributed by atoms with Crippen LogP contribution in [-0.4, -0.2) is 47.8 Å². The maximum Gasteiger partial charge on any atom is 0.410 e. The Labute approximate surface area is 133 Å². The Balaban J connectivity index is 2.02. The molecular weight excluding hydrogens is 278 g/mol. The molecule has 122 valence electrons. The molecule has 1 saturated heterocycles. The van der Waals surface area contributed by atoms with Gasteiger partial charge in [-0.2, -0.15) is 0 Å². The van der Waals surface area contributed by atoms with Crippen molar-refractivity contribution in [1.82, 2.24) is 9.88 Å². The highest BCUT2D eigenvalue weighted by Gasteiger charge is 2.29. The van der Waals surface area contributed by atoms with Gasteiger partial charge in [-0.15, -0.1) is 0 Å². The SMILES string of the molecule is Cc1ccnc(N(C)C2CCCN(C(=O)OC(C)(C)C)C2)c1. The van der Waals surface area contributed by atoms with Crippen molar-refractivity contribution in [3.05, 3.63) is 23.9 Å². The molecule has 0 bridgehead atoms. The van der Waals surface area contributed by atoms with Gasteiger partial charge in [-0.25, -0.2) is 9.78 Å². The molecule has 1 fully saturated rings. The third-order valence-corrected chi connectivity index (χ3v) is 3.86. The molecular formula is C17H27N3O2. The summed E-state index contributed by atoms with van der Waals surface area (Å²) in [5.41, 5.74) is 0.741. The van der Waals surface area contributed by atoms with E-state index < -0.39 is 5.60 Å². The highest BCUT2D eigenvalue weighted by molar-refractivity contribution is 5.68. The molecule has 1 aromatic rings. The summed E-state index contributed by atoms with van der Waals surface area (Å²) in [6, 6.07) is 4.34. The average Bonchev–Trinajstić information content (AvgIpc) is 2.45. The van der Waals surface area contributed by atoms with E-state index in [1.165, 1.54) is 5.56 Å². The van der Waals surface area contributed by atoms with Gasteiger partial charge in [-0.3, -0.25) is 0 Å². The second kappa shape index (κ2) is 6.55. The Bertz CT molecular complexity index is 525. The number of hydrogen-bond acceptors (Lipinski definition) is 4. The number of carbonyl (C=O) groups is 1. The maximum atomic E-state index is 12.2. The Hall–Kier alpha value is -1.78. The van der Waals surface area contributed by atoms with Crippen molar-refractivity contribution in [3.8, 4) is 0 Å². The molecule has 2 rings (SSSR count). The number of hydrogen-bond donors (Lipinski definition) is 0. The predicted octanol–water partition coefficient (Wildman–Crippen LogP) is 3.23. The molecule has 0 saturated carbocycles. The quantitative estimate of drug-likeness (QED) is 0.841. The molecule has 1 aliphatic heterocycles. The Kier molecular flexibility index (Phi) is 4.94. The second-order valence-corrected chi connectivity index (χ2v) is 7.02. The van der Waals surface area contributed by atoms with Crippen molar-refractivity contribution >= 4 is 11.9 Å². The number of amides is 1. The van der Waals surface area contributed by atoms with Crippen LogP contribution in [0.3, 0.4) is 0 Å². The second-order valence-electron chi connectivity index (χ2n) is 7.02. The lowest BCUT2D eigenvalue weighted by Crippen LogP contribution is -2.50. The first-order chi connectivity index (χ1) is 10.3. The number of nitrogens with zero attached hydrogens (tertiary/aromatic N) is 3. The van der Waals surface area contributed by atoms with Crippen LogP contribution in [0.5, 0.6) is 0 Å². The number of likely N-dealkylation sites (tertiary alicyclic amines) is 1. The van der Waals surface area contributed by atoms with Gasteiger partial charge in [0.05, 0.1) is 0 Å². The lowest BCUT2D eigenvalue weighted by atomic mass is 10.0. The van der Waals surface area contributed by atoms with Crippen LogP contribution in [-0.2, 0) is 4.74 Å². The summed E-state index contributed by atoms with van der Waals surface area (Å²) in [7, 11) is 2.05. The first-order valence-electron chi connectivity index (χ1n) is 7.90. The van der Waals surface area contributed by atoms with Gasteiger partial charge >= 0.3 is 6.09 Å². The van der Waals surface area contributed by atoms with Crippen molar-refractivity contribution in [2.24, 2.45) is 0 Å². The van der Waals surface area contributed by atoms with Crippen molar-refractivity contribution in [2.45, 2.75) is 52.2 Å². The normalized spacial score (nSPS) is 19.0. The van der Waals surface area contributed by atoms with Crippen LogP contribution in [0.1, 0.15) is 39.2 Å². The number of aryl methyl sites for hydroxylation is 1. The van der Waals surface area contributed by atoms with E-state index in [-0.39, 0.29) is 12.1 Å². The zero-order valence-electron chi connectivity index (χ0n) is 14.3. The van der Waals surface area contributed by atoms with Gasteiger partial charge in [0, 0.05) is 32.4 Å². The van der Waals surface area contributed by atoms with Gasteiger partial charge in [0.25, 0.3) is 0 Å². The van der Waals surface area contributed by atoms with Crippen molar-refractivity contribution in [2.75, 3.05) is 25.0 Å². The van der Waals surface area contributed by atoms with Gasteiger partial charge in [0.15, 0.2) is 0 Å². The highest BCUT2D eigenvalue weighted by Crippen LogP contribution is 2.22. The van der Waals surface area contributed by atoms with Crippen LogP contribution in [0.2, 0.25) is 0 Å². The summed E-state index contributed by atoms with van der Waals surface area (Å²) in [6.07, 6.45) is 3.66. The first kappa shape index (κ1) is 16.6. The van der Waals surface area contributed by atoms with Crippen molar-refractivity contribution in [3.63, 3.8) is 0 Å². The minimum absolute atomic E-state index is 0.220. The Morgan fingerprint density at radius 2 is 2.18 bits per heavy atom. The topological polar surface area (TPSA) is 45.7 Å². The number of anilines is 1. The Morgan fingerprint density at radius 1 is 1.45 bits per heavy atom. The van der Waals surface area contributed by atoms with Crippen LogP contribution in [0.25, 0.3) is 0 Å². The van der Waals surface area contributed by atoms with Crippen molar-refractivity contribution in [1.29, 1.82) is 0 Å². The van der Waals surface area contributed by atoms with E-state index in [2.05, 4.69) is 22.9 Å². The fourth-order valence-corrected chi connectivity index (χ4v) is 2.66. The fourth-order valence-electron chi connectivity index (χ4n) is 2.66. The summed E-state index contributed by atoms with van der Waals surface area (Å²) in [5, 5.41) is 0. The number of pyridine rings is 1. The molecule has 1 atom stereocenters. The van der Waals surface area contributed by atoms with Crippen LogP contribution < -0.4 is 4.90 Å². The molecule has 1 amide bonds. The summed E-state index contributed by atoms with van der Waals surface area (Å²) in [5.74, 6) is 0.955. The maximum absolute atomic E-state index is 12.2. The zero-order valence-corrected chi connectivity index (χ0v) is 14.3. The zero-order chi connectivity index (χ0) is 16.3. The number of piperidine rings is 1. The molecule has 22 heavy (non-hydrogen) atoms. The van der Waals surface area contributed by atoms with Crippen molar-refractivity contribution < 1.29 is 9.53 Å². The molecule has 1 aromatic heterocycles. The third kappa shape index (κ3) is 4.36. The van der Waals surface area contributed by atoms with E-state index in [0.29, 0.717) is 6.54 Å². The summed E-state index contributed by atoms with van der Waals surface area (Å²) >= 11 is 0. The van der Waals surface area contributed by atoms with E-state index in [9.17, 15) is 4.79 Å². The first-order valence-corrected chi connectivity index (χ1v) is 7.90. The third-order valence-electron chi connectivity index (χ3n) is 3.86. The number of rotatable bonds is 2. The van der Waals surface area contributed by atoms with E-state index >= 15 is 0 Å². The predicted molar refractivity (Wildman–Crippen MR) is 88.2 cm³/mol. The van der Waals surface area contributed by atoms with Gasteiger partial charge in [0.2, 0.25) is 0 Å². The van der Waals surface area contributed by atoms with Gasteiger partial charge in [-0.05, 0) is 58.2 Å². The van der Waals surface area contributed by atoms with Crippen LogP contribution in [0.15, 0.2) is 18.3 Å². The van der Waals surface area contributed by atoms with Gasteiger partial charge in [0.1, 0.15) is 11.4 Å². The molecule has 0 N–H and O–H groups in total. The van der Waals surface area contributed by atoms with E-state index in [1.54, 1.807) is 0 Å². The number of ether oxygens (including phenoxy) is 1. The van der Waals surface area contributed by atoms with Gasteiger partial charge < -0.3 is 14.5 Å². The van der Waals surface area contributed by atoms with Crippen LogP contribution in [0.4, 0.5) is 10.6 Å². The number of carbonyl (C=O) groups excluding carboxylic acids is 1. The average molecular weight is 305 g/mol. The molecule has 0 aliphatic carbocycles. The monoisotopic (exact) mass is 305 g/mol. The number of likely N-dealkylation sites (N-methyl/N-ethyl adjacent to an activating group) is 1. The molecule has 0 spiro atoms. The van der Waals surface area contributed by atoms with E-state index in [1.807, 2.05) is 45.0 Å². The lowest BCUT2D eigenvalue weighted by molar-refractivity contribution is 0.0199. The molecule has 0 radical (unpaired) electrons. The molecule has 1 unspecified atom stereocenters. The molecule has 5 heteroatoms. The summed E-state index contributed by atoms with van der Waals surface area (Å²) in [4.78, 5) is 20.7. The molecule has 0 aromatic carbocycles. The molecule has 1 aliphatic rings.